The molecule has 0 aromatic heterocycles. The van der Waals surface area contributed by atoms with Crippen molar-refractivity contribution in [2.24, 2.45) is 11.7 Å². The summed E-state index contributed by atoms with van der Waals surface area (Å²) >= 11 is 1.61. The Kier molecular flexibility index (Phi) is 7.44. The van der Waals surface area contributed by atoms with Crippen LogP contribution in [0.25, 0.3) is 0 Å². The van der Waals surface area contributed by atoms with Gasteiger partial charge in [-0.25, -0.2) is 0 Å². The Morgan fingerprint density at radius 2 is 2.25 bits per heavy atom. The molecule has 1 rings (SSSR count). The molecule has 1 saturated heterocycles. The molecule has 5 heteroatoms. The van der Waals surface area contributed by atoms with E-state index in [-0.39, 0.29) is 29.6 Å². The van der Waals surface area contributed by atoms with E-state index >= 15 is 0 Å². The van der Waals surface area contributed by atoms with E-state index < -0.39 is 0 Å². The van der Waals surface area contributed by atoms with E-state index in [9.17, 15) is 4.79 Å². The quantitative estimate of drug-likeness (QED) is 0.847. The monoisotopic (exact) mass is 266 g/mol. The molecule has 0 aromatic rings. The van der Waals surface area contributed by atoms with Crippen LogP contribution in [0.15, 0.2) is 0 Å². The SMILES string of the molecule is CSC(C)C(=O)N1CCC(C)CC1CN.Cl. The predicted octanol–water partition coefficient (Wildman–Crippen LogP) is 1.75. The molecule has 0 saturated carbocycles. The molecule has 1 fully saturated rings. The van der Waals surface area contributed by atoms with E-state index in [2.05, 4.69) is 6.92 Å². The van der Waals surface area contributed by atoms with Crippen LogP contribution in [0.2, 0.25) is 0 Å². The van der Waals surface area contributed by atoms with E-state index in [1.165, 1.54) is 0 Å². The lowest BCUT2D eigenvalue weighted by Gasteiger charge is -2.39. The number of likely N-dealkylation sites (tertiary alicyclic amines) is 1. The fourth-order valence-electron chi connectivity index (χ4n) is 2.10. The molecular formula is C11H23ClN2OS. The van der Waals surface area contributed by atoms with E-state index in [0.29, 0.717) is 12.5 Å². The average molecular weight is 267 g/mol. The lowest BCUT2D eigenvalue weighted by Crippen LogP contribution is -2.51. The minimum absolute atomic E-state index is 0. The van der Waals surface area contributed by atoms with Crippen molar-refractivity contribution in [2.75, 3.05) is 19.3 Å². The second-order valence-corrected chi connectivity index (χ2v) is 5.61. The van der Waals surface area contributed by atoms with E-state index in [1.807, 2.05) is 18.1 Å². The van der Waals surface area contributed by atoms with Crippen molar-refractivity contribution < 1.29 is 4.79 Å². The topological polar surface area (TPSA) is 46.3 Å². The van der Waals surface area contributed by atoms with Crippen LogP contribution in [-0.2, 0) is 4.79 Å². The van der Waals surface area contributed by atoms with E-state index in [1.54, 1.807) is 11.8 Å². The first kappa shape index (κ1) is 16.1. The molecule has 2 N–H and O–H groups in total. The summed E-state index contributed by atoms with van der Waals surface area (Å²) in [5.41, 5.74) is 5.73. The highest BCUT2D eigenvalue weighted by atomic mass is 35.5. The molecule has 1 amide bonds. The fourth-order valence-corrected chi connectivity index (χ4v) is 2.44. The Balaban J connectivity index is 0.00000225. The summed E-state index contributed by atoms with van der Waals surface area (Å²) in [5.74, 6) is 0.956. The van der Waals surface area contributed by atoms with Crippen molar-refractivity contribution in [1.82, 2.24) is 4.90 Å². The Hall–Kier alpha value is 0.0700. The Labute approximate surface area is 109 Å². The molecule has 0 aromatic carbocycles. The first-order chi connectivity index (χ1) is 7.10. The zero-order chi connectivity index (χ0) is 11.4. The lowest BCUT2D eigenvalue weighted by molar-refractivity contribution is -0.134. The summed E-state index contributed by atoms with van der Waals surface area (Å²) < 4.78 is 0. The number of nitrogens with zero attached hydrogens (tertiary/aromatic N) is 1. The summed E-state index contributed by atoms with van der Waals surface area (Å²) in [7, 11) is 0. The normalized spacial score (nSPS) is 27.1. The number of carbonyl (C=O) groups excluding carboxylic acids is 1. The molecule has 1 aliphatic rings. The van der Waals surface area contributed by atoms with Crippen molar-refractivity contribution in [2.45, 2.75) is 38.0 Å². The molecule has 96 valence electrons. The maximum absolute atomic E-state index is 12.1. The molecule has 1 heterocycles. The van der Waals surface area contributed by atoms with Crippen molar-refractivity contribution in [3.8, 4) is 0 Å². The number of amides is 1. The average Bonchev–Trinajstić information content (AvgIpc) is 2.26. The van der Waals surface area contributed by atoms with Gasteiger partial charge >= 0.3 is 0 Å². The van der Waals surface area contributed by atoms with Crippen molar-refractivity contribution in [3.63, 3.8) is 0 Å². The first-order valence-electron chi connectivity index (χ1n) is 5.63. The van der Waals surface area contributed by atoms with Gasteiger partial charge in [0, 0.05) is 19.1 Å². The van der Waals surface area contributed by atoms with E-state index in [4.69, 9.17) is 5.73 Å². The lowest BCUT2D eigenvalue weighted by atomic mass is 9.92. The third-order valence-electron chi connectivity index (χ3n) is 3.23. The van der Waals surface area contributed by atoms with Crippen LogP contribution in [0.4, 0.5) is 0 Å². The Morgan fingerprint density at radius 3 is 2.75 bits per heavy atom. The summed E-state index contributed by atoms with van der Waals surface area (Å²) in [6.07, 6.45) is 4.15. The molecular weight excluding hydrogens is 244 g/mol. The van der Waals surface area contributed by atoms with Gasteiger partial charge in [-0.05, 0) is 31.9 Å². The van der Waals surface area contributed by atoms with Crippen molar-refractivity contribution >= 4 is 30.1 Å². The first-order valence-corrected chi connectivity index (χ1v) is 6.92. The standard InChI is InChI=1S/C11H22N2OS.ClH/c1-8-4-5-13(10(6-8)7-12)11(14)9(2)15-3;/h8-10H,4-7,12H2,1-3H3;1H. The number of rotatable bonds is 3. The van der Waals surface area contributed by atoms with Crippen LogP contribution in [0, 0.1) is 5.92 Å². The molecule has 0 aliphatic carbocycles. The van der Waals surface area contributed by atoms with Gasteiger partial charge in [0.15, 0.2) is 0 Å². The number of nitrogens with two attached hydrogens (primary N) is 1. The van der Waals surface area contributed by atoms with Gasteiger partial charge in [0.1, 0.15) is 0 Å². The fraction of sp³-hybridized carbons (Fsp3) is 0.909. The van der Waals surface area contributed by atoms with Crippen LogP contribution in [-0.4, -0.2) is 41.4 Å². The zero-order valence-electron chi connectivity index (χ0n) is 10.3. The van der Waals surface area contributed by atoms with Gasteiger partial charge in [-0.1, -0.05) is 6.92 Å². The van der Waals surface area contributed by atoms with Crippen LogP contribution in [0.3, 0.4) is 0 Å². The number of halogens is 1. The minimum Gasteiger partial charge on any atom is -0.337 e. The van der Waals surface area contributed by atoms with Gasteiger partial charge in [-0.2, -0.15) is 11.8 Å². The smallest absolute Gasteiger partial charge is 0.235 e. The number of piperidine rings is 1. The van der Waals surface area contributed by atoms with Crippen LogP contribution >= 0.6 is 24.2 Å². The van der Waals surface area contributed by atoms with Crippen molar-refractivity contribution in [1.29, 1.82) is 0 Å². The molecule has 3 nitrogen and oxygen atoms in total. The third kappa shape index (κ3) is 3.82. The molecule has 1 aliphatic heterocycles. The van der Waals surface area contributed by atoms with Gasteiger partial charge in [0.25, 0.3) is 0 Å². The van der Waals surface area contributed by atoms with Crippen LogP contribution in [0.5, 0.6) is 0 Å². The maximum Gasteiger partial charge on any atom is 0.235 e. The predicted molar refractivity (Wildman–Crippen MR) is 73.2 cm³/mol. The second-order valence-electron chi connectivity index (χ2n) is 4.43. The highest BCUT2D eigenvalue weighted by molar-refractivity contribution is 7.99. The maximum atomic E-state index is 12.1. The summed E-state index contributed by atoms with van der Waals surface area (Å²) in [6.45, 7) is 5.69. The van der Waals surface area contributed by atoms with Crippen LogP contribution < -0.4 is 5.73 Å². The summed E-state index contributed by atoms with van der Waals surface area (Å²) in [4.78, 5) is 14.0. The number of carbonyl (C=O) groups is 1. The molecule has 16 heavy (non-hydrogen) atoms. The number of thioether (sulfide) groups is 1. The van der Waals surface area contributed by atoms with Gasteiger partial charge in [-0.15, -0.1) is 12.4 Å². The summed E-state index contributed by atoms with van der Waals surface area (Å²) in [5, 5.41) is 0.0625. The molecule has 0 radical (unpaired) electrons. The van der Waals surface area contributed by atoms with Crippen molar-refractivity contribution in [3.05, 3.63) is 0 Å². The second kappa shape index (κ2) is 7.41. The number of hydrogen-bond donors (Lipinski definition) is 1. The highest BCUT2D eigenvalue weighted by Crippen LogP contribution is 2.24. The molecule has 0 spiro atoms. The van der Waals surface area contributed by atoms with Gasteiger partial charge < -0.3 is 10.6 Å². The van der Waals surface area contributed by atoms with Gasteiger partial charge in [0.05, 0.1) is 5.25 Å². The summed E-state index contributed by atoms with van der Waals surface area (Å²) in [6, 6.07) is 0.260. The molecule has 3 unspecified atom stereocenters. The zero-order valence-corrected chi connectivity index (χ0v) is 11.9. The van der Waals surface area contributed by atoms with E-state index in [0.717, 1.165) is 19.4 Å². The van der Waals surface area contributed by atoms with Crippen LogP contribution in [0.1, 0.15) is 26.7 Å². The third-order valence-corrected chi connectivity index (χ3v) is 4.14. The molecule has 3 atom stereocenters. The Bertz CT molecular complexity index is 228. The Morgan fingerprint density at radius 1 is 1.62 bits per heavy atom. The minimum atomic E-state index is 0. The van der Waals surface area contributed by atoms with Gasteiger partial charge in [0.2, 0.25) is 5.91 Å². The highest BCUT2D eigenvalue weighted by Gasteiger charge is 2.30. The largest absolute Gasteiger partial charge is 0.337 e. The number of hydrogen-bond acceptors (Lipinski definition) is 3. The van der Waals surface area contributed by atoms with Gasteiger partial charge in [-0.3, -0.25) is 4.79 Å². The molecule has 0 bridgehead atoms.